The maximum Gasteiger partial charge on any atom is 0.225 e. The number of halogens is 1. The molecule has 1 saturated heterocycles. The van der Waals surface area contributed by atoms with Crippen LogP contribution in [0.4, 0.5) is 0 Å². The molecule has 2 rings (SSSR count). The van der Waals surface area contributed by atoms with Gasteiger partial charge in [-0.15, -0.1) is 12.4 Å². The number of amides is 1. The molecule has 1 aliphatic heterocycles. The van der Waals surface area contributed by atoms with Crippen LogP contribution in [0.15, 0.2) is 24.3 Å². The summed E-state index contributed by atoms with van der Waals surface area (Å²) in [7, 11) is 0. The van der Waals surface area contributed by atoms with E-state index in [0.29, 0.717) is 6.61 Å². The second-order valence-corrected chi connectivity index (χ2v) is 5.01. The van der Waals surface area contributed by atoms with Gasteiger partial charge in [0.25, 0.3) is 0 Å². The third kappa shape index (κ3) is 5.39. The normalized spacial score (nSPS) is 14.1. The lowest BCUT2D eigenvalue weighted by atomic mass is 10.0. The lowest BCUT2D eigenvalue weighted by molar-refractivity contribution is -0.126. The Kier molecular flexibility index (Phi) is 7.41. The van der Waals surface area contributed by atoms with Crippen LogP contribution in [0.3, 0.4) is 0 Å². The maximum atomic E-state index is 11.5. The van der Waals surface area contributed by atoms with Crippen LogP contribution in [0.1, 0.15) is 18.4 Å². The van der Waals surface area contributed by atoms with Crippen molar-refractivity contribution in [1.82, 2.24) is 10.6 Å². The van der Waals surface area contributed by atoms with E-state index in [4.69, 9.17) is 4.74 Å². The Hall–Kier alpha value is -1.26. The Morgan fingerprint density at radius 1 is 1.30 bits per heavy atom. The van der Waals surface area contributed by atoms with Crippen LogP contribution >= 0.6 is 12.4 Å². The summed E-state index contributed by atoms with van der Waals surface area (Å²) in [5.41, 5.74) is 1.24. The monoisotopic (exact) mass is 298 g/mol. The first-order valence-corrected chi connectivity index (χ1v) is 6.93. The number of rotatable bonds is 7. The predicted octanol–water partition coefficient (Wildman–Crippen LogP) is 1.91. The fraction of sp³-hybridized carbons (Fsp3) is 0.533. The third-order valence-electron chi connectivity index (χ3n) is 3.31. The quantitative estimate of drug-likeness (QED) is 0.756. The van der Waals surface area contributed by atoms with E-state index in [-0.39, 0.29) is 24.2 Å². The van der Waals surface area contributed by atoms with Gasteiger partial charge in [0.1, 0.15) is 5.75 Å². The highest BCUT2D eigenvalue weighted by atomic mass is 35.5. The van der Waals surface area contributed by atoms with E-state index in [0.717, 1.165) is 38.2 Å². The molecule has 0 saturated carbocycles. The van der Waals surface area contributed by atoms with Crippen LogP contribution < -0.4 is 15.4 Å². The summed E-state index contributed by atoms with van der Waals surface area (Å²) < 4.78 is 5.63. The standard InChI is InChI=1S/C15H22N2O2.ClH/c1-12-4-6-14(7-5-12)19-9-3-2-8-17-15(18)13-10-16-11-13;/h4-7,13,16H,2-3,8-11H2,1H3,(H,17,18);1H. The van der Waals surface area contributed by atoms with Gasteiger partial charge < -0.3 is 15.4 Å². The fourth-order valence-electron chi connectivity index (χ4n) is 1.88. The van der Waals surface area contributed by atoms with E-state index in [2.05, 4.69) is 17.6 Å². The molecule has 0 spiro atoms. The fourth-order valence-corrected chi connectivity index (χ4v) is 1.88. The van der Waals surface area contributed by atoms with Crippen LogP contribution in [0.25, 0.3) is 0 Å². The van der Waals surface area contributed by atoms with E-state index in [1.54, 1.807) is 0 Å². The molecule has 112 valence electrons. The minimum absolute atomic E-state index is 0. The van der Waals surface area contributed by atoms with Gasteiger partial charge in [-0.1, -0.05) is 17.7 Å². The number of hydrogen-bond acceptors (Lipinski definition) is 3. The first-order valence-electron chi connectivity index (χ1n) is 6.93. The number of nitrogens with one attached hydrogen (secondary N) is 2. The van der Waals surface area contributed by atoms with Crippen molar-refractivity contribution >= 4 is 18.3 Å². The summed E-state index contributed by atoms with van der Waals surface area (Å²) in [4.78, 5) is 11.5. The zero-order chi connectivity index (χ0) is 13.5. The second-order valence-electron chi connectivity index (χ2n) is 5.01. The predicted molar refractivity (Wildman–Crippen MR) is 82.5 cm³/mol. The third-order valence-corrected chi connectivity index (χ3v) is 3.31. The number of benzene rings is 1. The van der Waals surface area contributed by atoms with Crippen molar-refractivity contribution in [2.24, 2.45) is 5.92 Å². The molecule has 1 amide bonds. The van der Waals surface area contributed by atoms with E-state index < -0.39 is 0 Å². The van der Waals surface area contributed by atoms with Crippen molar-refractivity contribution in [2.75, 3.05) is 26.2 Å². The average molecular weight is 299 g/mol. The number of carbonyl (C=O) groups excluding carboxylic acids is 1. The number of ether oxygens (including phenoxy) is 1. The van der Waals surface area contributed by atoms with Crippen LogP contribution in [0.2, 0.25) is 0 Å². The zero-order valence-corrected chi connectivity index (χ0v) is 12.7. The van der Waals surface area contributed by atoms with Crippen molar-refractivity contribution in [3.05, 3.63) is 29.8 Å². The lowest BCUT2D eigenvalue weighted by Gasteiger charge is -2.25. The molecular weight excluding hydrogens is 276 g/mol. The molecule has 0 radical (unpaired) electrons. The van der Waals surface area contributed by atoms with Gasteiger partial charge in [0.15, 0.2) is 0 Å². The van der Waals surface area contributed by atoms with Gasteiger partial charge in [-0.05, 0) is 31.9 Å². The van der Waals surface area contributed by atoms with E-state index in [1.165, 1.54) is 5.56 Å². The van der Waals surface area contributed by atoms with E-state index >= 15 is 0 Å². The Morgan fingerprint density at radius 3 is 2.60 bits per heavy atom. The van der Waals surface area contributed by atoms with Crippen molar-refractivity contribution in [2.45, 2.75) is 19.8 Å². The SMILES string of the molecule is Cc1ccc(OCCCCNC(=O)C2CNC2)cc1.Cl. The summed E-state index contributed by atoms with van der Waals surface area (Å²) >= 11 is 0. The molecule has 2 N–H and O–H groups in total. The van der Waals surface area contributed by atoms with Crippen LogP contribution in [-0.2, 0) is 4.79 Å². The van der Waals surface area contributed by atoms with Crippen LogP contribution in [-0.4, -0.2) is 32.1 Å². The first-order chi connectivity index (χ1) is 9.25. The van der Waals surface area contributed by atoms with Gasteiger partial charge in [0, 0.05) is 19.6 Å². The second kappa shape index (κ2) is 8.82. The smallest absolute Gasteiger partial charge is 0.225 e. The first kappa shape index (κ1) is 16.8. The molecule has 1 heterocycles. The Balaban J connectivity index is 0.00000200. The summed E-state index contributed by atoms with van der Waals surface area (Å²) in [6.45, 7) is 5.14. The number of aryl methyl sites for hydroxylation is 1. The van der Waals surface area contributed by atoms with E-state index in [9.17, 15) is 4.79 Å². The molecule has 0 bridgehead atoms. The molecule has 5 heteroatoms. The molecule has 1 aliphatic rings. The molecule has 4 nitrogen and oxygen atoms in total. The number of unbranched alkanes of at least 4 members (excludes halogenated alkanes) is 1. The van der Waals surface area contributed by atoms with Gasteiger partial charge in [0.05, 0.1) is 12.5 Å². The Morgan fingerprint density at radius 2 is 2.00 bits per heavy atom. The Labute approximate surface area is 126 Å². The topological polar surface area (TPSA) is 50.4 Å². The maximum absolute atomic E-state index is 11.5. The average Bonchev–Trinajstić information content (AvgIpc) is 2.33. The largest absolute Gasteiger partial charge is 0.494 e. The summed E-state index contributed by atoms with van der Waals surface area (Å²) in [5.74, 6) is 1.28. The molecule has 20 heavy (non-hydrogen) atoms. The van der Waals surface area contributed by atoms with Gasteiger partial charge in [-0.3, -0.25) is 4.79 Å². The molecule has 1 aromatic rings. The summed E-state index contributed by atoms with van der Waals surface area (Å²) in [6, 6.07) is 8.06. The van der Waals surface area contributed by atoms with Gasteiger partial charge in [-0.2, -0.15) is 0 Å². The minimum atomic E-state index is 0. The van der Waals surface area contributed by atoms with Gasteiger partial charge in [0.2, 0.25) is 5.91 Å². The molecule has 1 aromatic carbocycles. The molecule has 1 fully saturated rings. The van der Waals surface area contributed by atoms with Crippen molar-refractivity contribution in [3.63, 3.8) is 0 Å². The summed E-state index contributed by atoms with van der Waals surface area (Å²) in [5, 5.41) is 6.05. The number of carbonyl (C=O) groups is 1. The van der Waals surface area contributed by atoms with Gasteiger partial charge in [-0.25, -0.2) is 0 Å². The van der Waals surface area contributed by atoms with Crippen LogP contribution in [0.5, 0.6) is 5.75 Å². The van der Waals surface area contributed by atoms with Gasteiger partial charge >= 0.3 is 0 Å². The molecule has 0 aliphatic carbocycles. The highest BCUT2D eigenvalue weighted by Gasteiger charge is 2.23. The number of hydrogen-bond donors (Lipinski definition) is 2. The molecule has 0 aromatic heterocycles. The van der Waals surface area contributed by atoms with Crippen LogP contribution in [0, 0.1) is 12.8 Å². The molecular formula is C15H23ClN2O2. The van der Waals surface area contributed by atoms with E-state index in [1.807, 2.05) is 24.3 Å². The van der Waals surface area contributed by atoms with Crippen molar-refractivity contribution in [3.8, 4) is 5.75 Å². The molecule has 0 unspecified atom stereocenters. The highest BCUT2D eigenvalue weighted by Crippen LogP contribution is 2.11. The Bertz CT molecular complexity index is 405. The van der Waals surface area contributed by atoms with Crippen molar-refractivity contribution in [1.29, 1.82) is 0 Å². The summed E-state index contributed by atoms with van der Waals surface area (Å²) in [6.07, 6.45) is 1.91. The zero-order valence-electron chi connectivity index (χ0n) is 11.9. The minimum Gasteiger partial charge on any atom is -0.494 e. The molecule has 0 atom stereocenters. The van der Waals surface area contributed by atoms with Crippen molar-refractivity contribution < 1.29 is 9.53 Å². The highest BCUT2D eigenvalue weighted by molar-refractivity contribution is 5.85. The lowest BCUT2D eigenvalue weighted by Crippen LogP contribution is -2.50.